The first-order valence-electron chi connectivity index (χ1n) is 6.08. The Morgan fingerprint density at radius 2 is 2.00 bits per heavy atom. The lowest BCUT2D eigenvalue weighted by molar-refractivity contribution is 0.567. The summed E-state index contributed by atoms with van der Waals surface area (Å²) in [7, 11) is 0. The topological polar surface area (TPSA) is 85.8 Å². The van der Waals surface area contributed by atoms with Gasteiger partial charge in [0.1, 0.15) is 6.33 Å². The van der Waals surface area contributed by atoms with Gasteiger partial charge in [0.25, 0.3) is 0 Å². The van der Waals surface area contributed by atoms with Crippen LogP contribution in [-0.2, 0) is 0 Å². The summed E-state index contributed by atoms with van der Waals surface area (Å²) < 4.78 is 1.55. The highest BCUT2D eigenvalue weighted by Gasteiger charge is 2.17. The van der Waals surface area contributed by atoms with Crippen LogP contribution in [0.2, 0.25) is 0 Å². The van der Waals surface area contributed by atoms with E-state index in [1.165, 1.54) is 25.6 Å². The lowest BCUT2D eigenvalue weighted by Crippen LogP contribution is -2.30. The van der Waals surface area contributed by atoms with Crippen LogP contribution in [0.3, 0.4) is 0 Å². The van der Waals surface area contributed by atoms with Gasteiger partial charge in [0.2, 0.25) is 11.9 Å². The minimum atomic E-state index is 0.356. The molecule has 0 bridgehead atoms. The molecule has 3 rings (SSSR count). The summed E-state index contributed by atoms with van der Waals surface area (Å²) in [6.07, 6.45) is 6.77. The average Bonchev–Trinajstić information content (AvgIpc) is 2.83. The number of nitrogen functional groups attached to an aromatic ring is 1. The number of piperidine rings is 1. The molecule has 0 amide bonds. The van der Waals surface area contributed by atoms with Crippen LogP contribution in [0.1, 0.15) is 19.3 Å². The summed E-state index contributed by atoms with van der Waals surface area (Å²) in [6, 6.07) is 1.75. The smallest absolute Gasteiger partial charge is 0.247 e. The number of hydrogen-bond acceptors (Lipinski definition) is 6. The molecule has 94 valence electrons. The molecule has 0 unspecified atom stereocenters. The molecule has 2 N–H and O–H groups in total. The lowest BCUT2D eigenvalue weighted by atomic mass is 10.1. The van der Waals surface area contributed by atoms with Crippen LogP contribution in [0.15, 0.2) is 18.6 Å². The summed E-state index contributed by atoms with van der Waals surface area (Å²) in [5, 5.41) is 4.42. The van der Waals surface area contributed by atoms with Gasteiger partial charge in [-0.05, 0) is 19.3 Å². The molecule has 18 heavy (non-hydrogen) atoms. The van der Waals surface area contributed by atoms with Crippen molar-refractivity contribution in [3.8, 4) is 5.82 Å². The van der Waals surface area contributed by atoms with Crippen molar-refractivity contribution in [2.24, 2.45) is 0 Å². The van der Waals surface area contributed by atoms with Crippen LogP contribution in [0.5, 0.6) is 0 Å². The molecule has 2 aromatic rings. The molecule has 0 aromatic carbocycles. The Morgan fingerprint density at radius 3 is 2.72 bits per heavy atom. The van der Waals surface area contributed by atoms with Crippen LogP contribution >= 0.6 is 0 Å². The van der Waals surface area contributed by atoms with Crippen molar-refractivity contribution in [2.75, 3.05) is 23.7 Å². The highest BCUT2D eigenvalue weighted by Crippen LogP contribution is 2.18. The molecule has 1 aliphatic rings. The SMILES string of the molecule is Nc1nc(N2CCCCC2)nn1-c1ccncn1. The van der Waals surface area contributed by atoms with E-state index in [1.54, 1.807) is 16.9 Å². The predicted molar refractivity (Wildman–Crippen MR) is 67.4 cm³/mol. The molecule has 3 heterocycles. The van der Waals surface area contributed by atoms with E-state index in [4.69, 9.17) is 5.73 Å². The van der Waals surface area contributed by atoms with E-state index in [1.807, 2.05) is 0 Å². The molecule has 1 aliphatic heterocycles. The molecule has 0 saturated carbocycles. The number of anilines is 2. The van der Waals surface area contributed by atoms with Crippen molar-refractivity contribution in [3.63, 3.8) is 0 Å². The number of nitrogens with zero attached hydrogens (tertiary/aromatic N) is 6. The van der Waals surface area contributed by atoms with E-state index in [2.05, 4.69) is 25.0 Å². The second kappa shape index (κ2) is 4.59. The zero-order valence-electron chi connectivity index (χ0n) is 10.0. The van der Waals surface area contributed by atoms with Gasteiger partial charge in [-0.2, -0.15) is 9.67 Å². The normalized spacial score (nSPS) is 15.9. The van der Waals surface area contributed by atoms with Crippen molar-refractivity contribution in [3.05, 3.63) is 18.6 Å². The van der Waals surface area contributed by atoms with Crippen molar-refractivity contribution < 1.29 is 0 Å². The molecule has 0 spiro atoms. The Morgan fingerprint density at radius 1 is 1.17 bits per heavy atom. The molecule has 2 aromatic heterocycles. The first-order valence-corrected chi connectivity index (χ1v) is 6.08. The van der Waals surface area contributed by atoms with Gasteiger partial charge in [-0.25, -0.2) is 9.97 Å². The maximum Gasteiger partial charge on any atom is 0.247 e. The fourth-order valence-corrected chi connectivity index (χ4v) is 2.12. The van der Waals surface area contributed by atoms with Crippen molar-refractivity contribution in [2.45, 2.75) is 19.3 Å². The molecular formula is C11H15N7. The van der Waals surface area contributed by atoms with Crippen LogP contribution < -0.4 is 10.6 Å². The summed E-state index contributed by atoms with van der Waals surface area (Å²) in [5.41, 5.74) is 5.88. The monoisotopic (exact) mass is 245 g/mol. The first-order chi connectivity index (χ1) is 8.84. The molecule has 0 atom stereocenters. The summed E-state index contributed by atoms with van der Waals surface area (Å²) in [5.74, 6) is 1.68. The van der Waals surface area contributed by atoms with Crippen molar-refractivity contribution in [1.82, 2.24) is 24.7 Å². The molecule has 7 heteroatoms. The minimum Gasteiger partial charge on any atom is -0.368 e. The van der Waals surface area contributed by atoms with Gasteiger partial charge in [0.05, 0.1) is 0 Å². The van der Waals surface area contributed by atoms with Crippen LogP contribution in [0.4, 0.5) is 11.9 Å². The second-order valence-corrected chi connectivity index (χ2v) is 4.30. The Labute approximate surface area is 105 Å². The minimum absolute atomic E-state index is 0.356. The van der Waals surface area contributed by atoms with Gasteiger partial charge in [-0.1, -0.05) is 0 Å². The predicted octanol–water partition coefficient (Wildman–Crippen LogP) is 0.630. The lowest BCUT2D eigenvalue weighted by Gasteiger charge is -2.24. The molecule has 1 saturated heterocycles. The van der Waals surface area contributed by atoms with Crippen LogP contribution in [0.25, 0.3) is 5.82 Å². The zero-order chi connectivity index (χ0) is 12.4. The number of nitrogens with two attached hydrogens (primary N) is 1. The number of rotatable bonds is 2. The third kappa shape index (κ3) is 1.99. The Hall–Kier alpha value is -2.18. The maximum atomic E-state index is 5.88. The third-order valence-electron chi connectivity index (χ3n) is 3.04. The Balaban J connectivity index is 1.91. The van der Waals surface area contributed by atoms with E-state index in [0.29, 0.717) is 17.7 Å². The highest BCUT2D eigenvalue weighted by molar-refractivity contribution is 5.40. The van der Waals surface area contributed by atoms with Crippen LogP contribution in [0, 0.1) is 0 Å². The van der Waals surface area contributed by atoms with Crippen LogP contribution in [-0.4, -0.2) is 37.8 Å². The molecular weight excluding hydrogens is 230 g/mol. The maximum absolute atomic E-state index is 5.88. The van der Waals surface area contributed by atoms with E-state index in [9.17, 15) is 0 Å². The number of hydrogen-bond donors (Lipinski definition) is 1. The Bertz CT molecular complexity index is 515. The van der Waals surface area contributed by atoms with Gasteiger partial charge in [-0.3, -0.25) is 0 Å². The van der Waals surface area contributed by atoms with E-state index in [-0.39, 0.29) is 0 Å². The summed E-state index contributed by atoms with van der Waals surface area (Å²) >= 11 is 0. The largest absolute Gasteiger partial charge is 0.368 e. The van der Waals surface area contributed by atoms with E-state index < -0.39 is 0 Å². The zero-order valence-corrected chi connectivity index (χ0v) is 10.0. The quantitative estimate of drug-likeness (QED) is 0.835. The molecule has 0 radical (unpaired) electrons. The second-order valence-electron chi connectivity index (χ2n) is 4.30. The number of aromatic nitrogens is 5. The van der Waals surface area contributed by atoms with Crippen molar-refractivity contribution in [1.29, 1.82) is 0 Å². The summed E-state index contributed by atoms with van der Waals surface area (Å²) in [4.78, 5) is 14.5. The van der Waals surface area contributed by atoms with E-state index >= 15 is 0 Å². The fraction of sp³-hybridized carbons (Fsp3) is 0.455. The standard InChI is InChI=1S/C11H15N7/c12-10-15-11(17-6-2-1-3-7-17)16-18(10)9-4-5-13-8-14-9/h4-5,8H,1-3,6-7H2,(H2,12,15,16). The Kier molecular flexibility index (Phi) is 2.79. The highest BCUT2D eigenvalue weighted by atomic mass is 15.5. The molecule has 0 aliphatic carbocycles. The van der Waals surface area contributed by atoms with Gasteiger partial charge in [0.15, 0.2) is 5.82 Å². The first kappa shape index (κ1) is 10.9. The average molecular weight is 245 g/mol. The third-order valence-corrected chi connectivity index (χ3v) is 3.04. The van der Waals surface area contributed by atoms with E-state index in [0.717, 1.165) is 13.1 Å². The molecule has 1 fully saturated rings. The van der Waals surface area contributed by atoms with Crippen molar-refractivity contribution >= 4 is 11.9 Å². The fourth-order valence-electron chi connectivity index (χ4n) is 2.12. The van der Waals surface area contributed by atoms with Gasteiger partial charge in [0, 0.05) is 25.4 Å². The molecule has 7 nitrogen and oxygen atoms in total. The van der Waals surface area contributed by atoms with Gasteiger partial charge < -0.3 is 10.6 Å². The van der Waals surface area contributed by atoms with Gasteiger partial charge in [-0.15, -0.1) is 5.10 Å². The summed E-state index contributed by atoms with van der Waals surface area (Å²) in [6.45, 7) is 1.99. The van der Waals surface area contributed by atoms with Gasteiger partial charge >= 0.3 is 0 Å².